The number of carbonyl (C=O) groups excluding carboxylic acids is 1. The fourth-order valence-corrected chi connectivity index (χ4v) is 1.89. The Balaban J connectivity index is 2.97. The Morgan fingerprint density at radius 1 is 1.35 bits per heavy atom. The molecular formula is C10H15N5OS. The maximum atomic E-state index is 11.7. The van der Waals surface area contributed by atoms with E-state index in [0.29, 0.717) is 10.1 Å². The van der Waals surface area contributed by atoms with Crippen LogP contribution in [0.5, 0.6) is 0 Å². The van der Waals surface area contributed by atoms with Crippen LogP contribution in [0.3, 0.4) is 0 Å². The summed E-state index contributed by atoms with van der Waals surface area (Å²) in [6, 6.07) is 1.98. The van der Waals surface area contributed by atoms with Crippen molar-refractivity contribution in [3.63, 3.8) is 0 Å². The third kappa shape index (κ3) is 2.71. The number of urea groups is 1. The Morgan fingerprint density at radius 3 is 2.41 bits per heavy atom. The third-order valence-corrected chi connectivity index (χ3v) is 3.51. The van der Waals surface area contributed by atoms with Crippen LogP contribution in [0.2, 0.25) is 0 Å². The summed E-state index contributed by atoms with van der Waals surface area (Å²) >= 11 is 1.25. The zero-order valence-electron chi connectivity index (χ0n) is 10.6. The Labute approximate surface area is 104 Å². The van der Waals surface area contributed by atoms with E-state index < -0.39 is 5.41 Å². The minimum atomic E-state index is -0.683. The fourth-order valence-electron chi connectivity index (χ4n) is 1.03. The molecule has 0 saturated heterocycles. The average molecular weight is 253 g/mol. The lowest BCUT2D eigenvalue weighted by molar-refractivity contribution is 0.225. The fraction of sp³-hybridized carbons (Fsp3) is 0.600. The van der Waals surface area contributed by atoms with Gasteiger partial charge >= 0.3 is 6.03 Å². The van der Waals surface area contributed by atoms with Crippen molar-refractivity contribution in [1.82, 2.24) is 15.1 Å². The molecule has 1 heterocycles. The number of nitriles is 1. The molecule has 1 rings (SSSR count). The third-order valence-electron chi connectivity index (χ3n) is 2.18. The van der Waals surface area contributed by atoms with E-state index in [0.717, 1.165) is 0 Å². The summed E-state index contributed by atoms with van der Waals surface area (Å²) in [4.78, 5) is 14.6. The molecule has 1 aromatic heterocycles. The number of hydrogen-bond donors (Lipinski definition) is 0. The summed E-state index contributed by atoms with van der Waals surface area (Å²) < 4.78 is 0. The summed E-state index contributed by atoms with van der Waals surface area (Å²) in [7, 11) is 4.96. The van der Waals surface area contributed by atoms with Gasteiger partial charge in [-0.3, -0.25) is 4.90 Å². The number of nitrogens with zero attached hydrogens (tertiary/aromatic N) is 5. The molecule has 6 nitrogen and oxygen atoms in total. The summed E-state index contributed by atoms with van der Waals surface area (Å²) in [5.74, 6) is 0. The van der Waals surface area contributed by atoms with E-state index in [1.165, 1.54) is 21.1 Å². The highest BCUT2D eigenvalue weighted by Crippen LogP contribution is 2.29. The van der Waals surface area contributed by atoms with E-state index in [2.05, 4.69) is 16.3 Å². The highest BCUT2D eigenvalue weighted by Gasteiger charge is 2.27. The lowest BCUT2D eigenvalue weighted by atomic mass is 9.97. The van der Waals surface area contributed by atoms with Crippen LogP contribution < -0.4 is 4.90 Å². The molecule has 92 valence electrons. The zero-order chi connectivity index (χ0) is 13.2. The molecule has 0 aliphatic heterocycles. The molecule has 2 amide bonds. The van der Waals surface area contributed by atoms with Crippen molar-refractivity contribution in [1.29, 1.82) is 5.26 Å². The first-order valence-corrected chi connectivity index (χ1v) is 5.81. The minimum Gasteiger partial charge on any atom is -0.330 e. The van der Waals surface area contributed by atoms with E-state index in [1.807, 2.05) is 0 Å². The molecule has 0 fully saturated rings. The number of anilines is 1. The van der Waals surface area contributed by atoms with Gasteiger partial charge in [0.05, 0.1) is 6.07 Å². The van der Waals surface area contributed by atoms with Gasteiger partial charge in [0.1, 0.15) is 10.4 Å². The average Bonchev–Trinajstić information content (AvgIpc) is 2.76. The predicted octanol–water partition coefficient (Wildman–Crippen LogP) is 1.46. The van der Waals surface area contributed by atoms with Gasteiger partial charge in [0.15, 0.2) is 0 Å². The quantitative estimate of drug-likeness (QED) is 0.799. The molecule has 0 unspecified atom stereocenters. The molecule has 0 spiro atoms. The second kappa shape index (κ2) is 4.67. The van der Waals surface area contributed by atoms with E-state index in [9.17, 15) is 4.79 Å². The second-order valence-electron chi connectivity index (χ2n) is 4.36. The maximum absolute atomic E-state index is 11.7. The molecule has 1 aromatic rings. The topological polar surface area (TPSA) is 73.1 Å². The van der Waals surface area contributed by atoms with Crippen molar-refractivity contribution in [2.75, 3.05) is 26.0 Å². The Hall–Kier alpha value is -1.68. The smallest absolute Gasteiger partial charge is 0.325 e. The summed E-state index contributed by atoms with van der Waals surface area (Å²) in [5, 5.41) is 18.0. The lowest BCUT2D eigenvalue weighted by Gasteiger charge is -2.18. The van der Waals surface area contributed by atoms with Crippen molar-refractivity contribution in [2.45, 2.75) is 19.3 Å². The largest absolute Gasteiger partial charge is 0.330 e. The van der Waals surface area contributed by atoms with Crippen LogP contribution in [0.4, 0.5) is 9.93 Å². The van der Waals surface area contributed by atoms with Gasteiger partial charge in [0.2, 0.25) is 5.13 Å². The molecule has 7 heteroatoms. The second-order valence-corrected chi connectivity index (χ2v) is 5.32. The van der Waals surface area contributed by atoms with Crippen LogP contribution in [0.1, 0.15) is 18.9 Å². The van der Waals surface area contributed by atoms with Crippen molar-refractivity contribution in [3.8, 4) is 6.07 Å². The molecule has 0 atom stereocenters. The van der Waals surface area contributed by atoms with Gasteiger partial charge in [-0.05, 0) is 13.8 Å². The van der Waals surface area contributed by atoms with Gasteiger partial charge in [-0.15, -0.1) is 10.2 Å². The van der Waals surface area contributed by atoms with E-state index >= 15 is 0 Å². The number of hydrogen-bond acceptors (Lipinski definition) is 5. The Kier molecular flexibility index (Phi) is 3.68. The Bertz CT molecular complexity index is 460. The number of carbonyl (C=O) groups is 1. The van der Waals surface area contributed by atoms with Crippen LogP contribution >= 0.6 is 11.3 Å². The van der Waals surface area contributed by atoms with Crippen LogP contribution in [-0.2, 0) is 5.41 Å². The van der Waals surface area contributed by atoms with Crippen LogP contribution in [-0.4, -0.2) is 42.3 Å². The standard InChI is InChI=1S/C10H15N5OS/c1-10(2,6-11)7-12-13-8(17-7)15(5)9(16)14(3)4/h1-5H3. The summed E-state index contributed by atoms with van der Waals surface area (Å²) in [6.45, 7) is 3.54. The van der Waals surface area contributed by atoms with Crippen molar-refractivity contribution in [3.05, 3.63) is 5.01 Å². The van der Waals surface area contributed by atoms with Crippen LogP contribution in [0.15, 0.2) is 0 Å². The molecule has 0 radical (unpaired) electrons. The van der Waals surface area contributed by atoms with Crippen LogP contribution in [0, 0.1) is 11.3 Å². The van der Waals surface area contributed by atoms with Gasteiger partial charge in [-0.1, -0.05) is 11.3 Å². The SMILES string of the molecule is CN(C)C(=O)N(C)c1nnc(C(C)(C)C#N)s1. The molecule has 0 N–H and O–H groups in total. The molecule has 0 aliphatic carbocycles. The molecule has 0 aliphatic rings. The van der Waals surface area contributed by atoms with Gasteiger partial charge in [0.25, 0.3) is 0 Å². The molecule has 0 saturated carbocycles. The Morgan fingerprint density at radius 2 is 1.94 bits per heavy atom. The molecule has 0 bridgehead atoms. The van der Waals surface area contributed by atoms with E-state index in [1.54, 1.807) is 35.0 Å². The number of amides is 2. The normalized spacial score (nSPS) is 10.8. The van der Waals surface area contributed by atoms with E-state index in [-0.39, 0.29) is 6.03 Å². The zero-order valence-corrected chi connectivity index (χ0v) is 11.4. The predicted molar refractivity (Wildman–Crippen MR) is 66.0 cm³/mol. The van der Waals surface area contributed by atoms with Gasteiger partial charge in [0, 0.05) is 21.1 Å². The van der Waals surface area contributed by atoms with Crippen molar-refractivity contribution < 1.29 is 4.79 Å². The minimum absolute atomic E-state index is 0.178. The van der Waals surface area contributed by atoms with Crippen molar-refractivity contribution in [2.24, 2.45) is 0 Å². The van der Waals surface area contributed by atoms with Crippen LogP contribution in [0.25, 0.3) is 0 Å². The first kappa shape index (κ1) is 13.4. The summed E-state index contributed by atoms with van der Waals surface area (Å²) in [6.07, 6.45) is 0. The molecular weight excluding hydrogens is 238 g/mol. The lowest BCUT2D eigenvalue weighted by Crippen LogP contribution is -2.36. The summed E-state index contributed by atoms with van der Waals surface area (Å²) in [5.41, 5.74) is -0.683. The highest BCUT2D eigenvalue weighted by atomic mass is 32.1. The van der Waals surface area contributed by atoms with Gasteiger partial charge in [-0.25, -0.2) is 4.79 Å². The van der Waals surface area contributed by atoms with Gasteiger partial charge in [-0.2, -0.15) is 5.26 Å². The van der Waals surface area contributed by atoms with Crippen molar-refractivity contribution >= 4 is 22.5 Å². The highest BCUT2D eigenvalue weighted by molar-refractivity contribution is 7.15. The first-order chi connectivity index (χ1) is 7.79. The maximum Gasteiger partial charge on any atom is 0.325 e. The molecule has 17 heavy (non-hydrogen) atoms. The number of aromatic nitrogens is 2. The van der Waals surface area contributed by atoms with Gasteiger partial charge < -0.3 is 4.90 Å². The monoisotopic (exact) mass is 253 g/mol. The van der Waals surface area contributed by atoms with E-state index in [4.69, 9.17) is 5.26 Å². The molecule has 0 aromatic carbocycles. The first-order valence-electron chi connectivity index (χ1n) is 5.00. The number of rotatable bonds is 2.